The van der Waals surface area contributed by atoms with E-state index in [2.05, 4.69) is 49.6 Å². The van der Waals surface area contributed by atoms with E-state index in [9.17, 15) is 0 Å². The predicted octanol–water partition coefficient (Wildman–Crippen LogP) is 3.60. The zero-order chi connectivity index (χ0) is 8.55. The smallest absolute Gasteiger partial charge is 0.0854 e. The molecule has 60 valence electrons. The summed E-state index contributed by atoms with van der Waals surface area (Å²) in [5.74, 6) is 0. The first-order valence-electron chi connectivity index (χ1n) is 3.48. The van der Waals surface area contributed by atoms with E-state index in [4.69, 9.17) is 0 Å². The Labute approximate surface area is 92.5 Å². The monoisotopic (exact) mass is 333 g/mol. The van der Waals surface area contributed by atoms with Crippen molar-refractivity contribution in [1.29, 1.82) is 0 Å². The van der Waals surface area contributed by atoms with Crippen LogP contribution in [0.25, 0.3) is 10.9 Å². The van der Waals surface area contributed by atoms with Crippen LogP contribution >= 0.6 is 38.5 Å². The van der Waals surface area contributed by atoms with Gasteiger partial charge in [0.2, 0.25) is 0 Å². The van der Waals surface area contributed by atoms with Gasteiger partial charge in [-0.05, 0) is 50.7 Å². The summed E-state index contributed by atoms with van der Waals surface area (Å²) in [6, 6.07) is 8.12. The number of benzene rings is 1. The zero-order valence-electron chi connectivity index (χ0n) is 6.09. The molecule has 12 heavy (non-hydrogen) atoms. The molecule has 1 heterocycles. The van der Waals surface area contributed by atoms with Gasteiger partial charge in [0.25, 0.3) is 0 Å². The van der Waals surface area contributed by atoms with Crippen molar-refractivity contribution in [3.63, 3.8) is 0 Å². The van der Waals surface area contributed by atoms with Crippen molar-refractivity contribution < 1.29 is 0 Å². The van der Waals surface area contributed by atoms with E-state index in [0.717, 1.165) is 9.99 Å². The van der Waals surface area contributed by atoms with Gasteiger partial charge in [-0.15, -0.1) is 0 Å². The third-order valence-corrected chi connectivity index (χ3v) is 3.25. The molecule has 0 aliphatic carbocycles. The van der Waals surface area contributed by atoms with E-state index in [1.807, 2.05) is 24.4 Å². The lowest BCUT2D eigenvalue weighted by Crippen LogP contribution is -1.82. The van der Waals surface area contributed by atoms with Crippen LogP contribution in [0.3, 0.4) is 0 Å². The summed E-state index contributed by atoms with van der Waals surface area (Å²) < 4.78 is 2.29. The Bertz CT molecular complexity index is 387. The highest BCUT2D eigenvalue weighted by Gasteiger charge is 2.00. The Kier molecular flexibility index (Phi) is 2.32. The molecule has 2 aromatic rings. The van der Waals surface area contributed by atoms with Crippen molar-refractivity contribution in [2.45, 2.75) is 0 Å². The second-order valence-electron chi connectivity index (χ2n) is 2.43. The van der Waals surface area contributed by atoms with Crippen LogP contribution in [0.15, 0.2) is 34.9 Å². The van der Waals surface area contributed by atoms with Crippen molar-refractivity contribution in [3.8, 4) is 0 Å². The summed E-state index contributed by atoms with van der Waals surface area (Å²) in [7, 11) is 0. The van der Waals surface area contributed by atoms with Crippen LogP contribution in [0, 0.1) is 3.57 Å². The SMILES string of the molecule is Brc1cccc2c(I)ccnc12. The topological polar surface area (TPSA) is 12.9 Å². The molecule has 1 aromatic heterocycles. The average molecular weight is 334 g/mol. The summed E-state index contributed by atoms with van der Waals surface area (Å²) in [5.41, 5.74) is 1.03. The summed E-state index contributed by atoms with van der Waals surface area (Å²) >= 11 is 5.78. The molecule has 1 aromatic carbocycles. The van der Waals surface area contributed by atoms with Crippen molar-refractivity contribution in [2.24, 2.45) is 0 Å². The van der Waals surface area contributed by atoms with Crippen LogP contribution in [-0.4, -0.2) is 4.98 Å². The Morgan fingerprint density at radius 2 is 2.08 bits per heavy atom. The number of hydrogen-bond donors (Lipinski definition) is 0. The van der Waals surface area contributed by atoms with Crippen molar-refractivity contribution in [3.05, 3.63) is 38.5 Å². The molecule has 0 atom stereocenters. The molecule has 0 aliphatic heterocycles. The summed E-state index contributed by atoms with van der Waals surface area (Å²) in [6.45, 7) is 0. The van der Waals surface area contributed by atoms with Gasteiger partial charge in [0.15, 0.2) is 0 Å². The normalized spacial score (nSPS) is 10.5. The van der Waals surface area contributed by atoms with Crippen LogP contribution in [0.5, 0.6) is 0 Å². The van der Waals surface area contributed by atoms with E-state index in [-0.39, 0.29) is 0 Å². The fourth-order valence-corrected chi connectivity index (χ4v) is 2.17. The highest BCUT2D eigenvalue weighted by atomic mass is 127. The van der Waals surface area contributed by atoms with E-state index >= 15 is 0 Å². The first kappa shape index (κ1) is 8.44. The molecule has 0 N–H and O–H groups in total. The Hall–Kier alpha value is -0.160. The molecule has 0 saturated carbocycles. The highest BCUT2D eigenvalue weighted by molar-refractivity contribution is 14.1. The van der Waals surface area contributed by atoms with Gasteiger partial charge in [-0.25, -0.2) is 0 Å². The van der Waals surface area contributed by atoms with Gasteiger partial charge in [0.1, 0.15) is 0 Å². The second-order valence-corrected chi connectivity index (χ2v) is 4.45. The van der Waals surface area contributed by atoms with Crippen molar-refractivity contribution in [1.82, 2.24) is 4.98 Å². The number of fused-ring (bicyclic) bond motifs is 1. The van der Waals surface area contributed by atoms with Crippen LogP contribution in [-0.2, 0) is 0 Å². The maximum absolute atomic E-state index is 4.29. The van der Waals surface area contributed by atoms with Crippen LogP contribution in [0.2, 0.25) is 0 Å². The molecular weight excluding hydrogens is 329 g/mol. The van der Waals surface area contributed by atoms with Gasteiger partial charge in [-0.2, -0.15) is 0 Å². The number of hydrogen-bond acceptors (Lipinski definition) is 1. The third-order valence-electron chi connectivity index (χ3n) is 1.67. The van der Waals surface area contributed by atoms with Crippen LogP contribution in [0.4, 0.5) is 0 Å². The molecule has 0 spiro atoms. The number of aromatic nitrogens is 1. The number of nitrogens with zero attached hydrogens (tertiary/aromatic N) is 1. The molecule has 0 unspecified atom stereocenters. The minimum absolute atomic E-state index is 1.03. The van der Waals surface area contributed by atoms with Gasteiger partial charge >= 0.3 is 0 Å². The molecule has 1 nitrogen and oxygen atoms in total. The van der Waals surface area contributed by atoms with Gasteiger partial charge in [0.05, 0.1) is 5.52 Å². The average Bonchev–Trinajstić information content (AvgIpc) is 2.07. The summed E-state index contributed by atoms with van der Waals surface area (Å²) in [4.78, 5) is 4.29. The van der Waals surface area contributed by atoms with E-state index in [1.54, 1.807) is 0 Å². The number of pyridine rings is 1. The van der Waals surface area contributed by atoms with Gasteiger partial charge in [-0.3, -0.25) is 4.98 Å². The van der Waals surface area contributed by atoms with E-state index in [1.165, 1.54) is 8.96 Å². The lowest BCUT2D eigenvalue weighted by atomic mass is 10.2. The first-order chi connectivity index (χ1) is 5.79. The molecule has 0 saturated heterocycles. The number of halogens is 2. The van der Waals surface area contributed by atoms with Gasteiger partial charge in [0, 0.05) is 19.6 Å². The Balaban J connectivity index is 2.94. The maximum atomic E-state index is 4.29. The van der Waals surface area contributed by atoms with Crippen LogP contribution in [0.1, 0.15) is 0 Å². The fourth-order valence-electron chi connectivity index (χ4n) is 1.11. The largest absolute Gasteiger partial charge is 0.255 e. The van der Waals surface area contributed by atoms with Gasteiger partial charge in [-0.1, -0.05) is 12.1 Å². The van der Waals surface area contributed by atoms with Crippen LogP contribution < -0.4 is 0 Å². The van der Waals surface area contributed by atoms with Gasteiger partial charge < -0.3 is 0 Å². The third kappa shape index (κ3) is 1.35. The molecule has 2 rings (SSSR count). The number of rotatable bonds is 0. The van der Waals surface area contributed by atoms with Crippen molar-refractivity contribution in [2.75, 3.05) is 0 Å². The second kappa shape index (κ2) is 3.30. The molecule has 0 radical (unpaired) electrons. The summed E-state index contributed by atoms with van der Waals surface area (Å²) in [5, 5.41) is 1.20. The lowest BCUT2D eigenvalue weighted by molar-refractivity contribution is 1.39. The minimum atomic E-state index is 1.03. The standard InChI is InChI=1S/C9H5BrIN/c10-7-3-1-2-6-8(11)4-5-12-9(6)7/h1-5H. The molecule has 3 heteroatoms. The lowest BCUT2D eigenvalue weighted by Gasteiger charge is -2.00. The van der Waals surface area contributed by atoms with E-state index in [0.29, 0.717) is 0 Å². The Morgan fingerprint density at radius 3 is 2.83 bits per heavy atom. The minimum Gasteiger partial charge on any atom is -0.255 e. The number of para-hydroxylation sites is 1. The van der Waals surface area contributed by atoms with Crippen molar-refractivity contribution >= 4 is 49.4 Å². The first-order valence-corrected chi connectivity index (χ1v) is 5.35. The highest BCUT2D eigenvalue weighted by Crippen LogP contribution is 2.24. The molecular formula is C9H5BrIN. The molecule has 0 aliphatic rings. The fraction of sp³-hybridized carbons (Fsp3) is 0. The van der Waals surface area contributed by atoms with E-state index < -0.39 is 0 Å². The molecule has 0 fully saturated rings. The maximum Gasteiger partial charge on any atom is 0.0854 e. The summed E-state index contributed by atoms with van der Waals surface area (Å²) in [6.07, 6.45) is 1.83. The Morgan fingerprint density at radius 1 is 1.25 bits per heavy atom. The quantitative estimate of drug-likeness (QED) is 0.671. The zero-order valence-corrected chi connectivity index (χ0v) is 9.83. The molecule has 0 amide bonds. The molecule has 0 bridgehead atoms. The predicted molar refractivity (Wildman–Crippen MR) is 62.2 cm³/mol.